The number of thiocarbonyl (C=S) groups is 1. The third-order valence-electron chi connectivity index (χ3n) is 3.92. The lowest BCUT2D eigenvalue weighted by Gasteiger charge is -2.33. The van der Waals surface area contributed by atoms with E-state index in [9.17, 15) is 0 Å². The lowest BCUT2D eigenvalue weighted by atomic mass is 9.95. The molecule has 1 aromatic carbocycles. The summed E-state index contributed by atoms with van der Waals surface area (Å²) in [6.07, 6.45) is 6.58. The average Bonchev–Trinajstić information content (AvgIpc) is 2.37. The summed E-state index contributed by atoms with van der Waals surface area (Å²) < 4.78 is 0. The molecule has 2 nitrogen and oxygen atoms in total. The molecule has 0 bridgehead atoms. The van der Waals surface area contributed by atoms with Crippen LogP contribution in [0.25, 0.3) is 0 Å². The van der Waals surface area contributed by atoms with Crippen molar-refractivity contribution in [2.75, 3.05) is 12.4 Å². The Hall–Kier alpha value is -1.09. The van der Waals surface area contributed by atoms with E-state index in [0.717, 1.165) is 10.8 Å². The topological polar surface area (TPSA) is 15.3 Å². The minimum atomic E-state index is 0.611. The average molecular weight is 276 g/mol. The first-order valence-electron chi connectivity index (χ1n) is 7.18. The maximum Gasteiger partial charge on any atom is 0.173 e. The number of hydrogen-bond donors (Lipinski definition) is 1. The molecule has 0 amide bonds. The maximum absolute atomic E-state index is 5.54. The molecule has 1 aliphatic rings. The van der Waals surface area contributed by atoms with Crippen LogP contribution in [0.4, 0.5) is 5.69 Å². The number of nitrogens with one attached hydrogen (secondary N) is 1. The monoisotopic (exact) mass is 276 g/mol. The maximum atomic E-state index is 5.54. The smallest absolute Gasteiger partial charge is 0.173 e. The van der Waals surface area contributed by atoms with Crippen molar-refractivity contribution in [1.82, 2.24) is 4.90 Å². The fourth-order valence-electron chi connectivity index (χ4n) is 2.89. The number of nitrogens with zero attached hydrogens (tertiary/aromatic N) is 1. The van der Waals surface area contributed by atoms with Gasteiger partial charge in [-0.15, -0.1) is 0 Å². The quantitative estimate of drug-likeness (QED) is 0.812. The third-order valence-corrected chi connectivity index (χ3v) is 4.31. The van der Waals surface area contributed by atoms with Crippen LogP contribution in [-0.4, -0.2) is 23.1 Å². The normalized spacial score (nSPS) is 16.2. The first-order chi connectivity index (χ1) is 9.06. The minimum Gasteiger partial charge on any atom is -0.349 e. The summed E-state index contributed by atoms with van der Waals surface area (Å²) in [5.74, 6) is 0. The first-order valence-corrected chi connectivity index (χ1v) is 7.59. The molecule has 0 spiro atoms. The van der Waals surface area contributed by atoms with Crippen molar-refractivity contribution < 1.29 is 0 Å². The van der Waals surface area contributed by atoms with Crippen LogP contribution in [0.3, 0.4) is 0 Å². The minimum absolute atomic E-state index is 0.611. The first kappa shape index (κ1) is 14.3. The highest BCUT2D eigenvalue weighted by Gasteiger charge is 2.19. The van der Waals surface area contributed by atoms with Crippen molar-refractivity contribution in [3.8, 4) is 0 Å². The molecule has 1 aromatic rings. The molecule has 0 radical (unpaired) electrons. The van der Waals surface area contributed by atoms with Gasteiger partial charge in [0.2, 0.25) is 0 Å². The number of anilines is 1. The Morgan fingerprint density at radius 3 is 2.26 bits per heavy atom. The molecular weight excluding hydrogens is 252 g/mol. The van der Waals surface area contributed by atoms with Gasteiger partial charge >= 0.3 is 0 Å². The Bertz CT molecular complexity index is 430. The molecule has 2 rings (SSSR count). The molecule has 0 atom stereocenters. The summed E-state index contributed by atoms with van der Waals surface area (Å²) in [6, 6.07) is 7.08. The predicted molar refractivity (Wildman–Crippen MR) is 86.8 cm³/mol. The summed E-state index contributed by atoms with van der Waals surface area (Å²) in [7, 11) is 2.12. The van der Waals surface area contributed by atoms with Crippen molar-refractivity contribution in [3.63, 3.8) is 0 Å². The van der Waals surface area contributed by atoms with Crippen LogP contribution in [0.2, 0.25) is 0 Å². The van der Waals surface area contributed by atoms with Gasteiger partial charge in [-0.2, -0.15) is 0 Å². The number of benzene rings is 1. The van der Waals surface area contributed by atoms with E-state index in [-0.39, 0.29) is 0 Å². The van der Waals surface area contributed by atoms with Gasteiger partial charge in [-0.05, 0) is 62.2 Å². The SMILES string of the molecule is Cc1cc(C)cc(NC(=S)N(C)C2CCCCC2)c1. The van der Waals surface area contributed by atoms with Crippen LogP contribution < -0.4 is 5.32 Å². The van der Waals surface area contributed by atoms with Gasteiger partial charge < -0.3 is 10.2 Å². The fourth-order valence-corrected chi connectivity index (χ4v) is 3.16. The number of rotatable bonds is 2. The van der Waals surface area contributed by atoms with Gasteiger partial charge in [0.1, 0.15) is 0 Å². The molecule has 1 saturated carbocycles. The highest BCUT2D eigenvalue weighted by Crippen LogP contribution is 2.22. The summed E-state index contributed by atoms with van der Waals surface area (Å²) >= 11 is 5.54. The molecule has 0 aromatic heterocycles. The van der Waals surface area contributed by atoms with Crippen LogP contribution in [0.15, 0.2) is 18.2 Å². The van der Waals surface area contributed by atoms with Gasteiger partial charge in [0.15, 0.2) is 5.11 Å². The Kier molecular flexibility index (Phi) is 4.81. The zero-order chi connectivity index (χ0) is 13.8. The van der Waals surface area contributed by atoms with Gasteiger partial charge in [0, 0.05) is 18.8 Å². The van der Waals surface area contributed by atoms with E-state index in [2.05, 4.69) is 49.3 Å². The second-order valence-corrected chi connectivity index (χ2v) is 6.10. The lowest BCUT2D eigenvalue weighted by molar-refractivity contribution is 0.281. The van der Waals surface area contributed by atoms with E-state index < -0.39 is 0 Å². The van der Waals surface area contributed by atoms with E-state index >= 15 is 0 Å². The van der Waals surface area contributed by atoms with Crippen LogP contribution in [0.1, 0.15) is 43.2 Å². The molecule has 104 valence electrons. The van der Waals surface area contributed by atoms with E-state index in [1.54, 1.807) is 0 Å². The summed E-state index contributed by atoms with van der Waals surface area (Å²) in [6.45, 7) is 4.23. The van der Waals surface area contributed by atoms with Crippen molar-refractivity contribution in [3.05, 3.63) is 29.3 Å². The molecular formula is C16H24N2S. The van der Waals surface area contributed by atoms with Gasteiger partial charge in [-0.25, -0.2) is 0 Å². The molecule has 0 unspecified atom stereocenters. The second-order valence-electron chi connectivity index (χ2n) is 5.71. The summed E-state index contributed by atoms with van der Waals surface area (Å²) in [5, 5.41) is 4.22. The molecule has 1 N–H and O–H groups in total. The largest absolute Gasteiger partial charge is 0.349 e. The molecule has 1 fully saturated rings. The van der Waals surface area contributed by atoms with E-state index in [1.807, 2.05) is 0 Å². The summed E-state index contributed by atoms with van der Waals surface area (Å²) in [4.78, 5) is 2.24. The Morgan fingerprint density at radius 1 is 1.11 bits per heavy atom. The van der Waals surface area contributed by atoms with Gasteiger partial charge in [-0.3, -0.25) is 0 Å². The molecule has 0 heterocycles. The standard InChI is InChI=1S/C16H24N2S/c1-12-9-13(2)11-14(10-12)17-16(19)18(3)15-7-5-4-6-8-15/h9-11,15H,4-8H2,1-3H3,(H,17,19). The summed E-state index contributed by atoms with van der Waals surface area (Å²) in [5.41, 5.74) is 3.64. The van der Waals surface area contributed by atoms with E-state index in [0.29, 0.717) is 6.04 Å². The Morgan fingerprint density at radius 2 is 1.68 bits per heavy atom. The van der Waals surface area contributed by atoms with Crippen molar-refractivity contribution in [2.45, 2.75) is 52.0 Å². The van der Waals surface area contributed by atoms with Crippen molar-refractivity contribution in [2.24, 2.45) is 0 Å². The van der Waals surface area contributed by atoms with Crippen LogP contribution in [-0.2, 0) is 0 Å². The van der Waals surface area contributed by atoms with Gasteiger partial charge in [-0.1, -0.05) is 25.3 Å². The molecule has 0 aliphatic heterocycles. The number of aryl methyl sites for hydroxylation is 2. The molecule has 0 saturated heterocycles. The lowest BCUT2D eigenvalue weighted by Crippen LogP contribution is -2.40. The van der Waals surface area contributed by atoms with Gasteiger partial charge in [0.05, 0.1) is 0 Å². The van der Waals surface area contributed by atoms with E-state index in [1.165, 1.54) is 43.2 Å². The highest BCUT2D eigenvalue weighted by molar-refractivity contribution is 7.80. The zero-order valence-electron chi connectivity index (χ0n) is 12.2. The van der Waals surface area contributed by atoms with Crippen molar-refractivity contribution in [1.29, 1.82) is 0 Å². The highest BCUT2D eigenvalue weighted by atomic mass is 32.1. The Labute approximate surface area is 122 Å². The predicted octanol–water partition coefficient (Wildman–Crippen LogP) is 4.26. The molecule has 19 heavy (non-hydrogen) atoms. The van der Waals surface area contributed by atoms with Crippen LogP contribution >= 0.6 is 12.2 Å². The molecule has 1 aliphatic carbocycles. The third kappa shape index (κ3) is 3.93. The van der Waals surface area contributed by atoms with Crippen LogP contribution in [0.5, 0.6) is 0 Å². The van der Waals surface area contributed by atoms with Gasteiger partial charge in [0.25, 0.3) is 0 Å². The van der Waals surface area contributed by atoms with Crippen LogP contribution in [0, 0.1) is 13.8 Å². The second kappa shape index (κ2) is 6.38. The zero-order valence-corrected chi connectivity index (χ0v) is 13.0. The Balaban J connectivity index is 1.99. The molecule has 3 heteroatoms. The fraction of sp³-hybridized carbons (Fsp3) is 0.562. The van der Waals surface area contributed by atoms with Crippen molar-refractivity contribution >= 4 is 23.0 Å². The number of hydrogen-bond acceptors (Lipinski definition) is 1. The van der Waals surface area contributed by atoms with E-state index in [4.69, 9.17) is 12.2 Å².